The fraction of sp³-hybridized carbons (Fsp3) is 0.350. The van der Waals surface area contributed by atoms with Gasteiger partial charge >= 0.3 is 0 Å². The number of nitrogens with two attached hydrogens (primary N) is 1. The highest BCUT2D eigenvalue weighted by Gasteiger charge is 2.07. The minimum Gasteiger partial charge on any atom is -0.401 e. The summed E-state index contributed by atoms with van der Waals surface area (Å²) < 4.78 is 0. The van der Waals surface area contributed by atoms with E-state index in [1.807, 2.05) is 26.2 Å². The summed E-state index contributed by atoms with van der Waals surface area (Å²) in [5.41, 5.74) is 11.1. The van der Waals surface area contributed by atoms with Crippen molar-refractivity contribution < 1.29 is 5.11 Å². The lowest BCUT2D eigenvalue weighted by molar-refractivity contribution is 0.251. The van der Waals surface area contributed by atoms with Crippen LogP contribution in [-0.4, -0.2) is 36.3 Å². The van der Waals surface area contributed by atoms with Crippen LogP contribution in [0.2, 0.25) is 0 Å². The van der Waals surface area contributed by atoms with Gasteiger partial charge in [0.1, 0.15) is 0 Å². The Bertz CT molecular complexity index is 665. The zero-order valence-corrected chi connectivity index (χ0v) is 15.0. The second-order valence-electron chi connectivity index (χ2n) is 6.21. The minimum atomic E-state index is -0.0555. The first-order valence-electron chi connectivity index (χ1n) is 8.60. The Hall–Kier alpha value is -2.37. The van der Waals surface area contributed by atoms with E-state index in [4.69, 9.17) is 5.73 Å². The molecular weight excluding hydrogens is 312 g/mol. The summed E-state index contributed by atoms with van der Waals surface area (Å²) in [7, 11) is 1.90. The second-order valence-corrected chi connectivity index (χ2v) is 6.21. The first-order chi connectivity index (χ1) is 12.1. The average molecular weight is 340 g/mol. The summed E-state index contributed by atoms with van der Waals surface area (Å²) in [5.74, 6) is 0. The van der Waals surface area contributed by atoms with E-state index in [2.05, 4.69) is 45.9 Å². The van der Waals surface area contributed by atoms with Gasteiger partial charge in [0.05, 0.1) is 12.6 Å². The van der Waals surface area contributed by atoms with Gasteiger partial charge < -0.3 is 21.5 Å². The van der Waals surface area contributed by atoms with Gasteiger partial charge in [-0.1, -0.05) is 30.3 Å². The molecule has 134 valence electrons. The van der Waals surface area contributed by atoms with Gasteiger partial charge in [-0.15, -0.1) is 0 Å². The highest BCUT2D eigenvalue weighted by Crippen LogP contribution is 2.19. The number of aryl methyl sites for hydroxylation is 1. The molecule has 0 amide bonds. The molecule has 25 heavy (non-hydrogen) atoms. The highest BCUT2D eigenvalue weighted by molar-refractivity contribution is 5.62. The molecule has 0 saturated heterocycles. The fourth-order valence-electron chi connectivity index (χ4n) is 2.50. The standard InChI is InChI=1S/C20H28N4O/c1-15-3-6-18(12-23-15)17-7-4-16(5-8-17)11-20(14-25)24-13-19(21)9-10-22-2/h3-8,12-13,20,22,24-25H,9-11,14,21H2,1-2H3/b19-13-/t20-/m0/s1. The molecule has 0 fully saturated rings. The molecule has 0 aliphatic rings. The second kappa shape index (κ2) is 9.81. The van der Waals surface area contributed by atoms with E-state index in [0.29, 0.717) is 0 Å². The maximum absolute atomic E-state index is 9.58. The van der Waals surface area contributed by atoms with Crippen LogP contribution in [0.15, 0.2) is 54.5 Å². The predicted octanol–water partition coefficient (Wildman–Crippen LogP) is 1.96. The number of aliphatic hydroxyl groups is 1. The number of hydrogen-bond donors (Lipinski definition) is 4. The van der Waals surface area contributed by atoms with Crippen molar-refractivity contribution in [2.75, 3.05) is 20.2 Å². The molecule has 5 N–H and O–H groups in total. The molecule has 0 spiro atoms. The van der Waals surface area contributed by atoms with Crippen LogP contribution < -0.4 is 16.4 Å². The van der Waals surface area contributed by atoms with Crippen LogP contribution in [0.5, 0.6) is 0 Å². The van der Waals surface area contributed by atoms with E-state index < -0.39 is 0 Å². The topological polar surface area (TPSA) is 83.2 Å². The monoisotopic (exact) mass is 340 g/mol. The number of aliphatic hydroxyl groups excluding tert-OH is 1. The summed E-state index contributed by atoms with van der Waals surface area (Å²) in [6, 6.07) is 12.4. The fourth-order valence-corrected chi connectivity index (χ4v) is 2.50. The number of rotatable bonds is 9. The zero-order valence-electron chi connectivity index (χ0n) is 15.0. The van der Waals surface area contributed by atoms with Crippen molar-refractivity contribution >= 4 is 0 Å². The molecule has 0 aliphatic carbocycles. The van der Waals surface area contributed by atoms with Crippen LogP contribution in [0.4, 0.5) is 0 Å². The van der Waals surface area contributed by atoms with Crippen molar-refractivity contribution in [2.45, 2.75) is 25.8 Å². The lowest BCUT2D eigenvalue weighted by Crippen LogP contribution is -2.31. The van der Waals surface area contributed by atoms with Crippen molar-refractivity contribution in [3.8, 4) is 11.1 Å². The van der Waals surface area contributed by atoms with E-state index >= 15 is 0 Å². The summed E-state index contributed by atoms with van der Waals surface area (Å²) in [5, 5.41) is 15.8. The van der Waals surface area contributed by atoms with Crippen LogP contribution in [0.3, 0.4) is 0 Å². The molecule has 1 atom stereocenters. The smallest absolute Gasteiger partial charge is 0.0635 e. The maximum atomic E-state index is 9.58. The van der Waals surface area contributed by atoms with Crippen LogP contribution >= 0.6 is 0 Å². The van der Waals surface area contributed by atoms with Crippen molar-refractivity contribution in [1.29, 1.82) is 0 Å². The highest BCUT2D eigenvalue weighted by atomic mass is 16.3. The van der Waals surface area contributed by atoms with Crippen LogP contribution in [0, 0.1) is 6.92 Å². The van der Waals surface area contributed by atoms with E-state index in [1.54, 1.807) is 6.20 Å². The number of nitrogens with one attached hydrogen (secondary N) is 2. The lowest BCUT2D eigenvalue weighted by atomic mass is 10.0. The SMILES string of the molecule is CNCC/C(N)=C/N[C@H](CO)Cc1ccc(-c2ccc(C)nc2)cc1. The molecule has 0 saturated carbocycles. The Labute approximate surface area is 150 Å². The van der Waals surface area contributed by atoms with Gasteiger partial charge in [0.2, 0.25) is 0 Å². The molecule has 1 aromatic heterocycles. The van der Waals surface area contributed by atoms with Crippen LogP contribution in [0.1, 0.15) is 17.7 Å². The average Bonchev–Trinajstić information content (AvgIpc) is 2.64. The Morgan fingerprint density at radius 1 is 1.20 bits per heavy atom. The Morgan fingerprint density at radius 3 is 2.52 bits per heavy atom. The van der Waals surface area contributed by atoms with Crippen LogP contribution in [0.25, 0.3) is 11.1 Å². The summed E-state index contributed by atoms with van der Waals surface area (Å²) >= 11 is 0. The third-order valence-corrected chi connectivity index (χ3v) is 4.07. The summed E-state index contributed by atoms with van der Waals surface area (Å²) in [6.07, 6.45) is 5.20. The number of nitrogens with zero attached hydrogens (tertiary/aromatic N) is 1. The molecule has 5 heteroatoms. The normalized spacial score (nSPS) is 12.8. The molecular formula is C20H28N4O. The first kappa shape index (κ1) is 19.0. The zero-order chi connectivity index (χ0) is 18.1. The van der Waals surface area contributed by atoms with Gasteiger partial charge in [-0.05, 0) is 37.6 Å². The van der Waals surface area contributed by atoms with E-state index in [1.165, 1.54) is 0 Å². The number of aromatic nitrogens is 1. The van der Waals surface area contributed by atoms with Gasteiger partial charge in [-0.2, -0.15) is 0 Å². The molecule has 0 unspecified atom stereocenters. The largest absolute Gasteiger partial charge is 0.401 e. The number of benzene rings is 1. The molecule has 1 heterocycles. The minimum absolute atomic E-state index is 0.0550. The molecule has 0 radical (unpaired) electrons. The van der Waals surface area contributed by atoms with E-state index in [0.717, 1.165) is 47.5 Å². The van der Waals surface area contributed by atoms with Crippen molar-refractivity contribution in [1.82, 2.24) is 15.6 Å². The Morgan fingerprint density at radius 2 is 1.92 bits per heavy atom. The van der Waals surface area contributed by atoms with Gasteiger partial charge in [0, 0.05) is 42.3 Å². The Balaban J connectivity index is 1.95. The van der Waals surface area contributed by atoms with Crippen LogP contribution in [-0.2, 0) is 6.42 Å². The lowest BCUT2D eigenvalue weighted by Gasteiger charge is -2.16. The first-order valence-corrected chi connectivity index (χ1v) is 8.60. The predicted molar refractivity (Wildman–Crippen MR) is 103 cm³/mol. The molecule has 0 aliphatic heterocycles. The van der Waals surface area contributed by atoms with Gasteiger partial charge in [0.15, 0.2) is 0 Å². The maximum Gasteiger partial charge on any atom is 0.0635 e. The number of pyridine rings is 1. The van der Waals surface area contributed by atoms with Crippen molar-refractivity contribution in [2.24, 2.45) is 5.73 Å². The van der Waals surface area contributed by atoms with Gasteiger partial charge in [-0.3, -0.25) is 4.98 Å². The van der Waals surface area contributed by atoms with Gasteiger partial charge in [-0.25, -0.2) is 0 Å². The molecule has 2 rings (SSSR count). The molecule has 0 bridgehead atoms. The van der Waals surface area contributed by atoms with E-state index in [-0.39, 0.29) is 12.6 Å². The summed E-state index contributed by atoms with van der Waals surface area (Å²) in [6.45, 7) is 2.87. The van der Waals surface area contributed by atoms with Crippen molar-refractivity contribution in [3.63, 3.8) is 0 Å². The molecule has 2 aromatic rings. The summed E-state index contributed by atoms with van der Waals surface area (Å²) in [4.78, 5) is 4.34. The van der Waals surface area contributed by atoms with E-state index in [9.17, 15) is 5.11 Å². The quantitative estimate of drug-likeness (QED) is 0.561. The molecule has 5 nitrogen and oxygen atoms in total. The third-order valence-electron chi connectivity index (χ3n) is 4.07. The van der Waals surface area contributed by atoms with Crippen molar-refractivity contribution in [3.05, 3.63) is 65.7 Å². The Kier molecular flexibility index (Phi) is 7.44. The number of hydrogen-bond acceptors (Lipinski definition) is 5. The van der Waals surface area contributed by atoms with Gasteiger partial charge in [0.25, 0.3) is 0 Å². The third kappa shape index (κ3) is 6.21. The molecule has 1 aromatic carbocycles.